The Labute approximate surface area is 217 Å². The molecule has 0 amide bonds. The number of piperazine rings is 1. The van der Waals surface area contributed by atoms with E-state index in [1.54, 1.807) is 0 Å². The van der Waals surface area contributed by atoms with Crippen molar-refractivity contribution in [3.63, 3.8) is 0 Å². The summed E-state index contributed by atoms with van der Waals surface area (Å²) in [6, 6.07) is 0.765. The lowest BCUT2D eigenvalue weighted by molar-refractivity contribution is -0.389. The van der Waals surface area contributed by atoms with Gasteiger partial charge in [0.15, 0.2) is 5.82 Å². The summed E-state index contributed by atoms with van der Waals surface area (Å²) in [5.74, 6) is -4.22. The molecule has 2 N–H and O–H groups in total. The van der Waals surface area contributed by atoms with E-state index in [-0.39, 0.29) is 31.5 Å². The number of alkyl halides is 1. The SMILES string of the molecule is O=C(O)c1cn(CCF)c2c(F)c(N3CCN(CC(O)Cn4cc([N+](=O)[O-])nc4Cl)CC3)c(F)cc2c1=O. The Balaban J connectivity index is 1.51. The maximum Gasteiger partial charge on any atom is 0.383 e. The first-order valence-corrected chi connectivity index (χ1v) is 11.8. The van der Waals surface area contributed by atoms with E-state index in [1.165, 1.54) is 9.47 Å². The molecular formula is C22H22ClF3N6O6. The fourth-order valence-electron chi connectivity index (χ4n) is 4.52. The molecule has 204 valence electrons. The van der Waals surface area contributed by atoms with Gasteiger partial charge in [-0.05, 0) is 27.6 Å². The molecule has 0 aliphatic carbocycles. The summed E-state index contributed by atoms with van der Waals surface area (Å²) in [7, 11) is 0. The third-order valence-corrected chi connectivity index (χ3v) is 6.55. The topological polar surface area (TPSA) is 147 Å². The third-order valence-electron chi connectivity index (χ3n) is 6.25. The van der Waals surface area contributed by atoms with Crippen LogP contribution in [0.4, 0.5) is 24.7 Å². The van der Waals surface area contributed by atoms with Crippen molar-refractivity contribution in [2.75, 3.05) is 44.3 Å². The van der Waals surface area contributed by atoms with Crippen molar-refractivity contribution in [3.8, 4) is 0 Å². The number of nitrogens with zero attached hydrogens (tertiary/aromatic N) is 6. The highest BCUT2D eigenvalue weighted by Gasteiger charge is 2.28. The van der Waals surface area contributed by atoms with Crippen LogP contribution in [0.15, 0.2) is 23.3 Å². The summed E-state index contributed by atoms with van der Waals surface area (Å²) in [6.07, 6.45) is 0.981. The lowest BCUT2D eigenvalue weighted by Gasteiger charge is -2.37. The van der Waals surface area contributed by atoms with Crippen molar-refractivity contribution >= 4 is 40.0 Å². The molecule has 0 saturated carbocycles. The zero-order chi connectivity index (χ0) is 27.7. The largest absolute Gasteiger partial charge is 0.477 e. The second kappa shape index (κ2) is 11.0. The van der Waals surface area contributed by atoms with Crippen LogP contribution in [0.2, 0.25) is 5.28 Å². The van der Waals surface area contributed by atoms with Gasteiger partial charge >= 0.3 is 17.1 Å². The van der Waals surface area contributed by atoms with Gasteiger partial charge < -0.3 is 29.8 Å². The Bertz CT molecular complexity index is 1460. The van der Waals surface area contributed by atoms with Gasteiger partial charge in [0.1, 0.15) is 29.9 Å². The number of anilines is 1. The second-order valence-electron chi connectivity index (χ2n) is 8.70. The molecule has 1 fully saturated rings. The second-order valence-corrected chi connectivity index (χ2v) is 9.03. The lowest BCUT2D eigenvalue weighted by atomic mass is 10.1. The van der Waals surface area contributed by atoms with Gasteiger partial charge in [0, 0.05) is 38.9 Å². The number of aryl methyl sites for hydroxylation is 1. The van der Waals surface area contributed by atoms with Crippen LogP contribution in [0.3, 0.4) is 0 Å². The molecule has 1 aromatic carbocycles. The number of aliphatic hydroxyl groups is 1. The molecule has 2 aromatic heterocycles. The van der Waals surface area contributed by atoms with Crippen molar-refractivity contribution in [1.82, 2.24) is 19.0 Å². The number of fused-ring (bicyclic) bond motifs is 1. The molecule has 3 heterocycles. The number of aromatic nitrogens is 3. The minimum absolute atomic E-state index is 0.0573. The zero-order valence-electron chi connectivity index (χ0n) is 19.7. The number of aliphatic hydroxyl groups excluding tert-OH is 1. The highest BCUT2D eigenvalue weighted by molar-refractivity contribution is 6.28. The van der Waals surface area contributed by atoms with Gasteiger partial charge in [-0.2, -0.15) is 0 Å². The Morgan fingerprint density at radius 3 is 2.45 bits per heavy atom. The fraction of sp³-hybridized carbons (Fsp3) is 0.409. The molecule has 1 saturated heterocycles. The number of carbonyl (C=O) groups is 1. The standard InChI is InChI=1S/C22H22ClF3N6O6/c23-22-27-16(32(37)38)11-31(22)9-12(33)8-28-3-5-29(6-4-28)19-15(25)7-13-18(17(19)26)30(2-1-24)10-14(20(13)34)21(35)36/h7,10-12,33H,1-6,8-9H2,(H,35,36). The average Bonchev–Trinajstić information content (AvgIpc) is 3.22. The van der Waals surface area contributed by atoms with Gasteiger partial charge in [-0.1, -0.05) is 0 Å². The number of pyridine rings is 1. The normalized spacial score (nSPS) is 15.2. The van der Waals surface area contributed by atoms with Crippen molar-refractivity contribution in [1.29, 1.82) is 0 Å². The zero-order valence-corrected chi connectivity index (χ0v) is 20.4. The molecule has 16 heteroatoms. The number of β-amino-alcohol motifs (C(OH)–C–C–N with tert-alkyl or cyclic N) is 1. The van der Waals surface area contributed by atoms with Crippen LogP contribution in [-0.4, -0.2) is 85.6 Å². The molecule has 1 aliphatic rings. The molecule has 1 unspecified atom stereocenters. The number of carboxylic acids is 1. The van der Waals surface area contributed by atoms with E-state index >= 15 is 8.78 Å². The smallest absolute Gasteiger partial charge is 0.383 e. The van der Waals surface area contributed by atoms with Crippen LogP contribution in [0.25, 0.3) is 10.9 Å². The quantitative estimate of drug-likeness (QED) is 0.297. The molecule has 12 nitrogen and oxygen atoms in total. The Kier molecular flexibility index (Phi) is 7.89. The predicted molar refractivity (Wildman–Crippen MR) is 130 cm³/mol. The highest BCUT2D eigenvalue weighted by atomic mass is 35.5. The molecule has 0 radical (unpaired) electrons. The van der Waals surface area contributed by atoms with Crippen LogP contribution in [-0.2, 0) is 13.1 Å². The number of benzene rings is 1. The van der Waals surface area contributed by atoms with Crippen molar-refractivity contribution in [2.24, 2.45) is 0 Å². The third kappa shape index (κ3) is 5.30. The Morgan fingerprint density at radius 2 is 1.87 bits per heavy atom. The number of hydrogen-bond acceptors (Lipinski definition) is 8. The van der Waals surface area contributed by atoms with Gasteiger partial charge in [-0.25, -0.2) is 18.0 Å². The minimum atomic E-state index is -1.60. The highest BCUT2D eigenvalue weighted by Crippen LogP contribution is 2.31. The molecule has 4 rings (SSSR count). The Morgan fingerprint density at radius 1 is 1.18 bits per heavy atom. The Hall–Kier alpha value is -3.69. The first kappa shape index (κ1) is 27.3. The summed E-state index contributed by atoms with van der Waals surface area (Å²) >= 11 is 5.87. The molecular weight excluding hydrogens is 537 g/mol. The van der Waals surface area contributed by atoms with Crippen molar-refractivity contribution in [2.45, 2.75) is 19.2 Å². The fourth-order valence-corrected chi connectivity index (χ4v) is 4.72. The number of halogens is 4. The first-order chi connectivity index (χ1) is 18.0. The van der Waals surface area contributed by atoms with E-state index < -0.39 is 75.3 Å². The van der Waals surface area contributed by atoms with Gasteiger partial charge in [0.2, 0.25) is 5.43 Å². The van der Waals surface area contributed by atoms with Crippen molar-refractivity contribution < 1.29 is 33.1 Å². The monoisotopic (exact) mass is 558 g/mol. The van der Waals surface area contributed by atoms with E-state index in [1.807, 2.05) is 4.90 Å². The van der Waals surface area contributed by atoms with Gasteiger partial charge in [0.05, 0.1) is 30.1 Å². The molecule has 38 heavy (non-hydrogen) atoms. The number of rotatable bonds is 9. The predicted octanol–water partition coefficient (Wildman–Crippen LogP) is 1.89. The molecule has 1 aliphatic heterocycles. The van der Waals surface area contributed by atoms with Crippen molar-refractivity contribution in [3.05, 3.63) is 61.3 Å². The number of carboxylic acid groups (broad SMARTS) is 1. The van der Waals surface area contributed by atoms with Crippen LogP contribution < -0.4 is 10.3 Å². The molecule has 3 aromatic rings. The van der Waals surface area contributed by atoms with E-state index in [0.717, 1.165) is 23.0 Å². The van der Waals surface area contributed by atoms with Crippen LogP contribution >= 0.6 is 11.6 Å². The maximum atomic E-state index is 15.6. The number of hydrogen-bond donors (Lipinski definition) is 2. The minimum Gasteiger partial charge on any atom is -0.477 e. The van der Waals surface area contributed by atoms with Gasteiger partial charge in [-0.3, -0.25) is 14.3 Å². The summed E-state index contributed by atoms with van der Waals surface area (Å²) in [6.45, 7) is -0.447. The van der Waals surface area contributed by atoms with Gasteiger partial charge in [0.25, 0.3) is 0 Å². The summed E-state index contributed by atoms with van der Waals surface area (Å²) in [4.78, 5) is 40.9. The molecule has 1 atom stereocenters. The first-order valence-electron chi connectivity index (χ1n) is 11.4. The van der Waals surface area contributed by atoms with Crippen LogP contribution in [0.1, 0.15) is 10.4 Å². The number of aromatic carboxylic acids is 1. The summed E-state index contributed by atoms with van der Waals surface area (Å²) in [5.41, 5.74) is -2.62. The summed E-state index contributed by atoms with van der Waals surface area (Å²) < 4.78 is 46.0. The van der Waals surface area contributed by atoms with E-state index in [9.17, 15) is 34.3 Å². The van der Waals surface area contributed by atoms with E-state index in [0.29, 0.717) is 13.1 Å². The van der Waals surface area contributed by atoms with E-state index in [4.69, 9.17) is 11.6 Å². The van der Waals surface area contributed by atoms with Gasteiger partial charge in [-0.15, -0.1) is 0 Å². The van der Waals surface area contributed by atoms with Crippen LogP contribution in [0, 0.1) is 21.7 Å². The van der Waals surface area contributed by atoms with Crippen LogP contribution in [0.5, 0.6) is 0 Å². The lowest BCUT2D eigenvalue weighted by Crippen LogP contribution is -2.49. The number of imidazole rings is 1. The van der Waals surface area contributed by atoms with E-state index in [2.05, 4.69) is 4.98 Å². The average molecular weight is 559 g/mol. The molecule has 0 spiro atoms. The maximum absolute atomic E-state index is 15.6. The molecule has 0 bridgehead atoms. The summed E-state index contributed by atoms with van der Waals surface area (Å²) in [5, 5.41) is 29.9. The number of nitro groups is 1.